The number of ketones is 3. The number of aliphatic hydroxyl groups excluding tert-OH is 1. The van der Waals surface area contributed by atoms with Crippen LogP contribution in [0.15, 0.2) is 12.1 Å². The van der Waals surface area contributed by atoms with Crippen LogP contribution in [-0.2, 0) is 27.2 Å². The van der Waals surface area contributed by atoms with Crippen molar-refractivity contribution in [1.82, 2.24) is 4.90 Å². The van der Waals surface area contributed by atoms with Crippen LogP contribution in [0.25, 0.3) is 0 Å². The van der Waals surface area contributed by atoms with Crippen LogP contribution in [0.1, 0.15) is 41.3 Å². The summed E-state index contributed by atoms with van der Waals surface area (Å²) in [6.07, 6.45) is 0.124. The van der Waals surface area contributed by atoms with Crippen LogP contribution < -0.4 is 11.5 Å². The number of nitrogens with two attached hydrogens (primary N) is 2. The topological polar surface area (TPSA) is 184 Å². The molecule has 0 aromatic heterocycles. The lowest BCUT2D eigenvalue weighted by atomic mass is 9.52. The van der Waals surface area contributed by atoms with Gasteiger partial charge in [0.1, 0.15) is 11.7 Å². The maximum atomic E-state index is 13.8. The number of aliphatic hydroxyl groups is 2. The van der Waals surface area contributed by atoms with Crippen molar-refractivity contribution in [3.05, 3.63) is 28.8 Å². The molecule has 1 aromatic rings. The molecule has 4 rings (SSSR count). The molecule has 10 heteroatoms. The third kappa shape index (κ3) is 3.70. The van der Waals surface area contributed by atoms with Crippen LogP contribution in [-0.4, -0.2) is 81.4 Å². The van der Waals surface area contributed by atoms with Crippen molar-refractivity contribution in [2.24, 2.45) is 35.1 Å². The molecular weight excluding hydrogens is 454 g/mol. The number of carbonyl (C=O) groups is 4. The number of hydrogen-bond acceptors (Lipinski definition) is 9. The number of Topliss-reactive ketones (excluding diaryl/α,β-unsaturated/α-hetero) is 3. The third-order valence-electron chi connectivity index (χ3n) is 8.14. The largest absolute Gasteiger partial charge is 0.507 e. The van der Waals surface area contributed by atoms with Gasteiger partial charge in [0.25, 0.3) is 0 Å². The summed E-state index contributed by atoms with van der Waals surface area (Å²) in [5.41, 5.74) is 10.2. The molecule has 7 N–H and O–H groups in total. The molecule has 1 aromatic carbocycles. The lowest BCUT2D eigenvalue weighted by Crippen LogP contribution is -2.75. The summed E-state index contributed by atoms with van der Waals surface area (Å²) in [5, 5.41) is 33.0. The normalized spacial score (nSPS) is 35.3. The Balaban J connectivity index is 1.82. The van der Waals surface area contributed by atoms with Gasteiger partial charge in [-0.3, -0.25) is 19.2 Å². The Kier molecular flexibility index (Phi) is 6.38. The van der Waals surface area contributed by atoms with E-state index in [4.69, 9.17) is 11.5 Å². The zero-order valence-electron chi connectivity index (χ0n) is 20.1. The molecule has 10 nitrogen and oxygen atoms in total. The number of nitrogens with zero attached hydrogens (tertiary/aromatic N) is 1. The van der Waals surface area contributed by atoms with E-state index in [1.165, 1.54) is 6.07 Å². The number of phenolic OH excluding ortho intramolecular Hbond substituents is 1. The van der Waals surface area contributed by atoms with Crippen LogP contribution in [0.3, 0.4) is 0 Å². The molecule has 35 heavy (non-hydrogen) atoms. The van der Waals surface area contributed by atoms with Crippen molar-refractivity contribution >= 4 is 23.3 Å². The van der Waals surface area contributed by atoms with Crippen molar-refractivity contribution < 1.29 is 34.5 Å². The van der Waals surface area contributed by atoms with E-state index in [1.807, 2.05) is 6.92 Å². The number of primary amides is 1. The number of fused-ring (bicyclic) bond motifs is 3. The standard InChI is InChI=1S/C25H33N3O7/c1-10(26)4-5-11-6-7-15(29)17-13(11)8-12-9-14-19(28(2)3)21(31)18(24(27)34)23(33)25(14,35)22(32)16(12)20(17)30/h6-7,10,12,14,16,18-19,21,29,31,35H,4-5,8-9,26H2,1-3H3,(H2,27,34)/t10?,12-,14-,16?,18?,19-,21?,25-/m1/s1. The highest BCUT2D eigenvalue weighted by atomic mass is 16.3. The molecule has 190 valence electrons. The number of phenols is 1. The summed E-state index contributed by atoms with van der Waals surface area (Å²) in [7, 11) is 3.23. The summed E-state index contributed by atoms with van der Waals surface area (Å²) in [4.78, 5) is 54.3. The van der Waals surface area contributed by atoms with Gasteiger partial charge in [-0.15, -0.1) is 0 Å². The van der Waals surface area contributed by atoms with Crippen LogP contribution in [0.5, 0.6) is 5.75 Å². The molecule has 1 amide bonds. The van der Waals surface area contributed by atoms with Gasteiger partial charge in [-0.2, -0.15) is 0 Å². The zero-order valence-corrected chi connectivity index (χ0v) is 20.1. The van der Waals surface area contributed by atoms with Crippen molar-refractivity contribution in [3.63, 3.8) is 0 Å². The van der Waals surface area contributed by atoms with Crippen molar-refractivity contribution in [3.8, 4) is 5.75 Å². The summed E-state index contributed by atoms with van der Waals surface area (Å²) >= 11 is 0. The number of hydrogen-bond donors (Lipinski definition) is 5. The van der Waals surface area contributed by atoms with Crippen LogP contribution in [0.4, 0.5) is 0 Å². The first-order chi connectivity index (χ1) is 16.3. The van der Waals surface area contributed by atoms with E-state index >= 15 is 0 Å². The molecule has 2 saturated carbocycles. The number of amides is 1. The van der Waals surface area contributed by atoms with Gasteiger partial charge in [-0.25, -0.2) is 0 Å². The summed E-state index contributed by atoms with van der Waals surface area (Å²) in [6, 6.07) is 2.18. The van der Waals surface area contributed by atoms with Gasteiger partial charge in [-0.05, 0) is 69.8 Å². The Hall–Kier alpha value is -2.66. The number of rotatable bonds is 5. The maximum absolute atomic E-state index is 13.8. The second-order valence-electron chi connectivity index (χ2n) is 10.6. The first-order valence-corrected chi connectivity index (χ1v) is 11.9. The Morgan fingerprint density at radius 2 is 1.89 bits per heavy atom. The number of benzene rings is 1. The number of carbonyl (C=O) groups excluding carboxylic acids is 4. The fourth-order valence-electron chi connectivity index (χ4n) is 6.50. The predicted molar refractivity (Wildman–Crippen MR) is 124 cm³/mol. The summed E-state index contributed by atoms with van der Waals surface area (Å²) in [6.45, 7) is 1.88. The van der Waals surface area contributed by atoms with E-state index < -0.39 is 64.7 Å². The van der Waals surface area contributed by atoms with Gasteiger partial charge < -0.3 is 31.7 Å². The molecule has 3 aliphatic rings. The van der Waals surface area contributed by atoms with Crippen LogP contribution >= 0.6 is 0 Å². The summed E-state index contributed by atoms with van der Waals surface area (Å²) < 4.78 is 0. The van der Waals surface area contributed by atoms with Gasteiger partial charge in [0.2, 0.25) is 5.91 Å². The molecule has 4 unspecified atom stereocenters. The Morgan fingerprint density at radius 1 is 1.23 bits per heavy atom. The van der Waals surface area contributed by atoms with E-state index in [0.717, 1.165) is 5.56 Å². The predicted octanol–water partition coefficient (Wildman–Crippen LogP) is -1.06. The Morgan fingerprint density at radius 3 is 2.46 bits per heavy atom. The average Bonchev–Trinajstić information content (AvgIpc) is 2.75. The highest BCUT2D eigenvalue weighted by Crippen LogP contribution is 2.51. The van der Waals surface area contributed by atoms with Gasteiger partial charge >= 0.3 is 0 Å². The van der Waals surface area contributed by atoms with E-state index in [0.29, 0.717) is 18.4 Å². The molecular formula is C25H33N3O7. The fourth-order valence-corrected chi connectivity index (χ4v) is 6.50. The minimum Gasteiger partial charge on any atom is -0.507 e. The van der Waals surface area contributed by atoms with E-state index in [-0.39, 0.29) is 30.2 Å². The highest BCUT2D eigenvalue weighted by molar-refractivity contribution is 6.25. The molecule has 8 atom stereocenters. The van der Waals surface area contributed by atoms with Crippen molar-refractivity contribution in [2.45, 2.75) is 56.4 Å². The molecule has 0 radical (unpaired) electrons. The summed E-state index contributed by atoms with van der Waals surface area (Å²) in [5.74, 6) is -8.94. The quantitative estimate of drug-likeness (QED) is 0.323. The molecule has 0 saturated heterocycles. The Labute approximate surface area is 203 Å². The first kappa shape index (κ1) is 25.4. The second-order valence-corrected chi connectivity index (χ2v) is 10.6. The van der Waals surface area contributed by atoms with Crippen LogP contribution in [0, 0.1) is 23.7 Å². The number of aryl methyl sites for hydroxylation is 1. The van der Waals surface area contributed by atoms with E-state index in [9.17, 15) is 34.5 Å². The molecule has 0 spiro atoms. The van der Waals surface area contributed by atoms with E-state index in [1.54, 1.807) is 25.1 Å². The minimum atomic E-state index is -2.65. The zero-order chi connectivity index (χ0) is 26.0. The number of aromatic hydroxyl groups is 1. The monoisotopic (exact) mass is 487 g/mol. The molecule has 0 heterocycles. The number of likely N-dealkylation sites (N-methyl/N-ethyl adjacent to an activating group) is 1. The third-order valence-corrected chi connectivity index (χ3v) is 8.14. The van der Waals surface area contributed by atoms with Gasteiger partial charge in [0.05, 0.1) is 17.6 Å². The first-order valence-electron chi connectivity index (χ1n) is 11.9. The average molecular weight is 488 g/mol. The van der Waals surface area contributed by atoms with Crippen LogP contribution in [0.2, 0.25) is 0 Å². The SMILES string of the molecule is CC(N)CCc1ccc(O)c2c1C[C@@H]1C[C@@H]3[C@@H](N(C)C)C(O)C(C(N)=O)C(=O)[C@]3(O)C(=O)C1C2=O. The Bertz CT molecular complexity index is 1100. The smallest absolute Gasteiger partial charge is 0.230 e. The minimum absolute atomic E-state index is 0.0303. The molecule has 3 aliphatic carbocycles. The van der Waals surface area contributed by atoms with Crippen molar-refractivity contribution in [1.29, 1.82) is 0 Å². The van der Waals surface area contributed by atoms with Crippen molar-refractivity contribution in [2.75, 3.05) is 14.1 Å². The van der Waals surface area contributed by atoms with Gasteiger partial charge in [0, 0.05) is 18.0 Å². The van der Waals surface area contributed by atoms with E-state index in [2.05, 4.69) is 0 Å². The lowest BCUT2D eigenvalue weighted by Gasteiger charge is -2.54. The molecule has 0 bridgehead atoms. The van der Waals surface area contributed by atoms with Gasteiger partial charge in [0.15, 0.2) is 23.0 Å². The molecule has 0 aliphatic heterocycles. The second kappa shape index (κ2) is 8.77. The lowest BCUT2D eigenvalue weighted by molar-refractivity contribution is -0.190. The van der Waals surface area contributed by atoms with Gasteiger partial charge in [-0.1, -0.05) is 6.07 Å². The maximum Gasteiger partial charge on any atom is 0.230 e. The molecule has 2 fully saturated rings. The highest BCUT2D eigenvalue weighted by Gasteiger charge is 2.69. The fraction of sp³-hybridized carbons (Fsp3) is 0.600.